The molecule has 0 radical (unpaired) electrons. The second-order valence-corrected chi connectivity index (χ2v) is 5.43. The molecule has 0 atom stereocenters. The predicted octanol–water partition coefficient (Wildman–Crippen LogP) is 0.433. The maximum atomic E-state index is 11.3. The number of nitro groups is 1. The highest BCUT2D eigenvalue weighted by Gasteiger charge is 2.25. The van der Waals surface area contributed by atoms with Gasteiger partial charge in [0.15, 0.2) is 11.5 Å². The molecule has 3 rings (SSSR count). The van der Waals surface area contributed by atoms with Gasteiger partial charge in [-0.3, -0.25) is 19.9 Å². The van der Waals surface area contributed by atoms with E-state index in [1.54, 1.807) is 6.07 Å². The van der Waals surface area contributed by atoms with Crippen LogP contribution in [0.2, 0.25) is 0 Å². The molecule has 0 unspecified atom stereocenters. The van der Waals surface area contributed by atoms with Crippen molar-refractivity contribution in [3.63, 3.8) is 0 Å². The maximum absolute atomic E-state index is 11.3. The number of nitrogens with zero attached hydrogens (tertiary/aromatic N) is 3. The number of hydrogen-bond acceptors (Lipinski definition) is 7. The van der Waals surface area contributed by atoms with Crippen LogP contribution in [0.25, 0.3) is 0 Å². The Morgan fingerprint density at radius 1 is 1.14 bits per heavy atom. The molecule has 0 aromatic heterocycles. The molecule has 0 bridgehead atoms. The van der Waals surface area contributed by atoms with Gasteiger partial charge in [-0.25, -0.2) is 0 Å². The molecule has 0 amide bonds. The summed E-state index contributed by atoms with van der Waals surface area (Å²) < 4.78 is 10.5. The maximum Gasteiger partial charge on any atom is 0.277 e. The van der Waals surface area contributed by atoms with Crippen molar-refractivity contribution in [2.75, 3.05) is 46.1 Å². The lowest BCUT2D eigenvalue weighted by atomic mass is 10.1. The first kappa shape index (κ1) is 15.0. The highest BCUT2D eigenvalue weighted by Crippen LogP contribution is 2.38. The number of aliphatic hydroxyl groups is 1. The second-order valence-electron chi connectivity index (χ2n) is 5.43. The van der Waals surface area contributed by atoms with Crippen molar-refractivity contribution >= 4 is 5.69 Å². The van der Waals surface area contributed by atoms with Crippen molar-refractivity contribution in [3.05, 3.63) is 27.8 Å². The number of piperazine rings is 1. The minimum Gasteiger partial charge on any atom is -0.454 e. The molecule has 8 heteroatoms. The molecule has 1 aromatic rings. The van der Waals surface area contributed by atoms with Crippen LogP contribution in [0, 0.1) is 10.1 Å². The second kappa shape index (κ2) is 6.47. The SMILES string of the molecule is O=[N+]([O-])c1cc2c(cc1CN1CCN(CCO)CC1)OCO2. The average molecular weight is 309 g/mol. The van der Waals surface area contributed by atoms with Crippen LogP contribution in [0.3, 0.4) is 0 Å². The van der Waals surface area contributed by atoms with Gasteiger partial charge in [-0.2, -0.15) is 0 Å². The van der Waals surface area contributed by atoms with Crippen LogP contribution in [0.1, 0.15) is 5.56 Å². The van der Waals surface area contributed by atoms with Gasteiger partial charge in [0.2, 0.25) is 6.79 Å². The lowest BCUT2D eigenvalue weighted by Crippen LogP contribution is -2.46. The van der Waals surface area contributed by atoms with E-state index in [4.69, 9.17) is 14.6 Å². The third-order valence-electron chi connectivity index (χ3n) is 4.05. The molecular formula is C14H19N3O5. The van der Waals surface area contributed by atoms with Gasteiger partial charge in [-0.1, -0.05) is 0 Å². The lowest BCUT2D eigenvalue weighted by molar-refractivity contribution is -0.385. The van der Waals surface area contributed by atoms with E-state index in [0.29, 0.717) is 30.2 Å². The summed E-state index contributed by atoms with van der Waals surface area (Å²) in [6.07, 6.45) is 0. The fourth-order valence-electron chi connectivity index (χ4n) is 2.82. The normalized spacial score (nSPS) is 18.6. The Labute approximate surface area is 128 Å². The molecule has 1 N–H and O–H groups in total. The van der Waals surface area contributed by atoms with Gasteiger partial charge in [0.05, 0.1) is 17.6 Å². The average Bonchev–Trinajstić information content (AvgIpc) is 2.96. The topological polar surface area (TPSA) is 88.3 Å². The highest BCUT2D eigenvalue weighted by atomic mass is 16.7. The fourth-order valence-corrected chi connectivity index (χ4v) is 2.82. The Bertz CT molecular complexity index is 558. The number of aliphatic hydroxyl groups excluding tert-OH is 1. The molecule has 0 saturated carbocycles. The zero-order valence-electron chi connectivity index (χ0n) is 12.2. The van der Waals surface area contributed by atoms with Crippen molar-refractivity contribution in [2.24, 2.45) is 0 Å². The van der Waals surface area contributed by atoms with Gasteiger partial charge in [-0.05, 0) is 6.07 Å². The van der Waals surface area contributed by atoms with E-state index in [9.17, 15) is 10.1 Å². The molecule has 0 spiro atoms. The molecule has 2 aliphatic rings. The Hall–Kier alpha value is -1.90. The number of rotatable bonds is 5. The number of nitro benzene ring substituents is 1. The van der Waals surface area contributed by atoms with Gasteiger partial charge in [0.25, 0.3) is 5.69 Å². The van der Waals surface area contributed by atoms with E-state index in [1.165, 1.54) is 6.07 Å². The molecule has 1 aromatic carbocycles. The summed E-state index contributed by atoms with van der Waals surface area (Å²) in [6, 6.07) is 3.15. The Kier molecular flexibility index (Phi) is 4.41. The molecule has 120 valence electrons. The zero-order valence-corrected chi connectivity index (χ0v) is 12.2. The molecule has 0 aliphatic carbocycles. The largest absolute Gasteiger partial charge is 0.454 e. The van der Waals surface area contributed by atoms with Crippen molar-refractivity contribution in [3.8, 4) is 11.5 Å². The van der Waals surface area contributed by atoms with E-state index in [-0.39, 0.29) is 24.0 Å². The molecule has 1 saturated heterocycles. The van der Waals surface area contributed by atoms with Crippen molar-refractivity contribution in [2.45, 2.75) is 6.54 Å². The summed E-state index contributed by atoms with van der Waals surface area (Å²) in [7, 11) is 0. The third-order valence-corrected chi connectivity index (χ3v) is 4.05. The van der Waals surface area contributed by atoms with E-state index < -0.39 is 0 Å². The van der Waals surface area contributed by atoms with Gasteiger partial charge < -0.3 is 14.6 Å². The number of benzene rings is 1. The number of fused-ring (bicyclic) bond motifs is 1. The van der Waals surface area contributed by atoms with Crippen LogP contribution in [0.4, 0.5) is 5.69 Å². The third kappa shape index (κ3) is 3.13. The summed E-state index contributed by atoms with van der Waals surface area (Å²) in [5.41, 5.74) is 0.715. The van der Waals surface area contributed by atoms with Gasteiger partial charge in [-0.15, -0.1) is 0 Å². The summed E-state index contributed by atoms with van der Waals surface area (Å²) in [6.45, 7) is 4.83. The molecule has 8 nitrogen and oxygen atoms in total. The monoisotopic (exact) mass is 309 g/mol. The fraction of sp³-hybridized carbons (Fsp3) is 0.571. The van der Waals surface area contributed by atoms with Crippen molar-refractivity contribution in [1.29, 1.82) is 0 Å². The minimum atomic E-state index is -0.376. The first-order valence-corrected chi connectivity index (χ1v) is 7.30. The quantitative estimate of drug-likeness (QED) is 0.623. The van der Waals surface area contributed by atoms with E-state index >= 15 is 0 Å². The van der Waals surface area contributed by atoms with Crippen LogP contribution in [0.5, 0.6) is 11.5 Å². The first-order chi connectivity index (χ1) is 10.7. The molecule has 2 aliphatic heterocycles. The van der Waals surface area contributed by atoms with Gasteiger partial charge in [0.1, 0.15) is 0 Å². The summed E-state index contributed by atoms with van der Waals surface area (Å²) in [4.78, 5) is 15.2. The first-order valence-electron chi connectivity index (χ1n) is 7.30. The Morgan fingerprint density at radius 3 is 2.41 bits per heavy atom. The minimum absolute atomic E-state index is 0.0713. The summed E-state index contributed by atoms with van der Waals surface area (Å²) >= 11 is 0. The van der Waals surface area contributed by atoms with Crippen LogP contribution >= 0.6 is 0 Å². The van der Waals surface area contributed by atoms with Gasteiger partial charge >= 0.3 is 0 Å². The van der Waals surface area contributed by atoms with E-state index in [0.717, 1.165) is 26.2 Å². The number of β-amino-alcohol motifs (C(OH)–C–C–N with tert-alkyl or cyclic N) is 1. The van der Waals surface area contributed by atoms with Crippen LogP contribution in [-0.4, -0.2) is 66.0 Å². The molecule has 22 heavy (non-hydrogen) atoms. The smallest absolute Gasteiger partial charge is 0.277 e. The number of hydrogen-bond donors (Lipinski definition) is 1. The molecule has 1 fully saturated rings. The number of ether oxygens (including phenoxy) is 2. The van der Waals surface area contributed by atoms with Crippen molar-refractivity contribution in [1.82, 2.24) is 9.80 Å². The van der Waals surface area contributed by atoms with Crippen LogP contribution in [0.15, 0.2) is 12.1 Å². The zero-order chi connectivity index (χ0) is 15.5. The Balaban J connectivity index is 1.71. The van der Waals surface area contributed by atoms with E-state index in [2.05, 4.69) is 9.80 Å². The predicted molar refractivity (Wildman–Crippen MR) is 78.0 cm³/mol. The van der Waals surface area contributed by atoms with Gasteiger partial charge in [0, 0.05) is 44.8 Å². The lowest BCUT2D eigenvalue weighted by Gasteiger charge is -2.34. The van der Waals surface area contributed by atoms with Crippen LogP contribution in [-0.2, 0) is 6.54 Å². The standard InChI is InChI=1S/C14H19N3O5/c18-6-5-15-1-3-16(4-2-15)9-11-7-13-14(22-10-21-13)8-12(11)17(19)20/h7-8,18H,1-6,9-10H2. The summed E-state index contributed by atoms with van der Waals surface area (Å²) in [5, 5.41) is 20.2. The summed E-state index contributed by atoms with van der Waals surface area (Å²) in [5.74, 6) is 1.00. The highest BCUT2D eigenvalue weighted by molar-refractivity contribution is 5.55. The Morgan fingerprint density at radius 2 is 1.77 bits per heavy atom. The van der Waals surface area contributed by atoms with Crippen LogP contribution < -0.4 is 9.47 Å². The molecule has 2 heterocycles. The van der Waals surface area contributed by atoms with E-state index in [1.807, 2.05) is 0 Å². The molecular weight excluding hydrogens is 290 g/mol. The van der Waals surface area contributed by atoms with Crippen molar-refractivity contribution < 1.29 is 19.5 Å².